The van der Waals surface area contributed by atoms with E-state index in [1.165, 1.54) is 34.8 Å². The normalized spacial score (nSPS) is 27.6. The lowest BCUT2D eigenvalue weighted by atomic mass is 9.78. The lowest BCUT2D eigenvalue weighted by Crippen LogP contribution is -2.45. The van der Waals surface area contributed by atoms with E-state index in [0.29, 0.717) is 5.92 Å². The number of ether oxygens (including phenoxy) is 1. The van der Waals surface area contributed by atoms with Crippen molar-refractivity contribution < 1.29 is 4.74 Å². The van der Waals surface area contributed by atoms with Gasteiger partial charge in [-0.3, -0.25) is 0 Å². The lowest BCUT2D eigenvalue weighted by molar-refractivity contribution is -0.105. The van der Waals surface area contributed by atoms with E-state index in [1.54, 1.807) is 0 Å². The van der Waals surface area contributed by atoms with Crippen LogP contribution in [-0.4, -0.2) is 23.7 Å². The van der Waals surface area contributed by atoms with Crippen molar-refractivity contribution in [1.82, 2.24) is 0 Å². The topological polar surface area (TPSA) is 35.2 Å². The second-order valence-electron chi connectivity index (χ2n) is 6.09. The summed E-state index contributed by atoms with van der Waals surface area (Å²) in [7, 11) is 0. The maximum Gasteiger partial charge on any atom is 0.0701 e. The molecule has 0 saturated carbocycles. The number of nitrogens with two attached hydrogens (primary N) is 1. The average Bonchev–Trinajstić information content (AvgIpc) is 2.96. The molecule has 0 amide bonds. The molecule has 2 atom stereocenters. The summed E-state index contributed by atoms with van der Waals surface area (Å²) in [4.78, 5) is 1.42. The van der Waals surface area contributed by atoms with Crippen LogP contribution in [0.3, 0.4) is 0 Å². The standard InChI is InChI=1S/C16H25NOS2/c1-2-12-4-8-20-15(12)14(17)13-3-7-18-16(11-13)5-9-19-10-6-16/h4,8,13-14H,2-3,5-7,9-11,17H2,1H3. The molecule has 2 saturated heterocycles. The van der Waals surface area contributed by atoms with E-state index in [1.807, 2.05) is 11.3 Å². The molecule has 2 N–H and O–H groups in total. The van der Waals surface area contributed by atoms with E-state index in [0.717, 1.165) is 25.9 Å². The summed E-state index contributed by atoms with van der Waals surface area (Å²) < 4.78 is 6.20. The zero-order valence-electron chi connectivity index (χ0n) is 12.3. The molecule has 1 aromatic heterocycles. The van der Waals surface area contributed by atoms with Gasteiger partial charge in [0.2, 0.25) is 0 Å². The molecule has 2 nitrogen and oxygen atoms in total. The average molecular weight is 312 g/mol. The highest BCUT2D eigenvalue weighted by atomic mass is 32.2. The van der Waals surface area contributed by atoms with Gasteiger partial charge in [0.1, 0.15) is 0 Å². The molecular formula is C16H25NOS2. The molecule has 0 bridgehead atoms. The van der Waals surface area contributed by atoms with Crippen LogP contribution in [0.4, 0.5) is 0 Å². The van der Waals surface area contributed by atoms with Gasteiger partial charge in [0.15, 0.2) is 0 Å². The first-order valence-corrected chi connectivity index (χ1v) is 9.81. The highest BCUT2D eigenvalue weighted by molar-refractivity contribution is 7.99. The number of aryl methyl sites for hydroxylation is 1. The fraction of sp³-hybridized carbons (Fsp3) is 0.750. The van der Waals surface area contributed by atoms with Gasteiger partial charge in [-0.25, -0.2) is 0 Å². The van der Waals surface area contributed by atoms with Crippen molar-refractivity contribution in [2.45, 2.75) is 50.7 Å². The second kappa shape index (κ2) is 6.39. The summed E-state index contributed by atoms with van der Waals surface area (Å²) in [6.07, 6.45) is 5.81. The Labute approximate surface area is 130 Å². The van der Waals surface area contributed by atoms with Crippen molar-refractivity contribution in [1.29, 1.82) is 0 Å². The fourth-order valence-corrected chi connectivity index (χ4v) is 5.94. The van der Waals surface area contributed by atoms with E-state index >= 15 is 0 Å². The molecule has 1 aromatic rings. The Morgan fingerprint density at radius 1 is 1.45 bits per heavy atom. The number of hydrogen-bond acceptors (Lipinski definition) is 4. The molecule has 0 aliphatic carbocycles. The molecule has 4 heteroatoms. The van der Waals surface area contributed by atoms with E-state index in [9.17, 15) is 0 Å². The van der Waals surface area contributed by atoms with Crippen LogP contribution in [0, 0.1) is 5.92 Å². The van der Waals surface area contributed by atoms with Gasteiger partial charge in [-0.2, -0.15) is 11.8 Å². The maximum absolute atomic E-state index is 6.63. The summed E-state index contributed by atoms with van der Waals surface area (Å²) in [6, 6.07) is 2.45. The number of thioether (sulfide) groups is 1. The van der Waals surface area contributed by atoms with Crippen molar-refractivity contribution in [2.75, 3.05) is 18.1 Å². The minimum Gasteiger partial charge on any atom is -0.375 e. The summed E-state index contributed by atoms with van der Waals surface area (Å²) in [6.45, 7) is 3.12. The Morgan fingerprint density at radius 3 is 3.00 bits per heavy atom. The third-order valence-corrected chi connectivity index (χ3v) is 6.95. The Bertz CT molecular complexity index is 434. The monoisotopic (exact) mass is 311 g/mol. The highest BCUT2D eigenvalue weighted by Gasteiger charge is 2.40. The van der Waals surface area contributed by atoms with E-state index in [2.05, 4.69) is 30.1 Å². The summed E-state index contributed by atoms with van der Waals surface area (Å²) in [5, 5.41) is 2.19. The first-order valence-electron chi connectivity index (χ1n) is 7.78. The van der Waals surface area contributed by atoms with Gasteiger partial charge in [0.25, 0.3) is 0 Å². The Hall–Kier alpha value is -0.0300. The quantitative estimate of drug-likeness (QED) is 0.916. The smallest absolute Gasteiger partial charge is 0.0701 e. The minimum absolute atomic E-state index is 0.148. The molecule has 1 spiro atoms. The van der Waals surface area contributed by atoms with Crippen LogP contribution in [0.5, 0.6) is 0 Å². The van der Waals surface area contributed by atoms with Crippen molar-refractivity contribution in [2.24, 2.45) is 11.7 Å². The van der Waals surface area contributed by atoms with Gasteiger partial charge in [0, 0.05) is 17.5 Å². The molecule has 3 rings (SSSR count). The number of rotatable bonds is 3. The maximum atomic E-state index is 6.63. The van der Waals surface area contributed by atoms with E-state index < -0.39 is 0 Å². The van der Waals surface area contributed by atoms with Gasteiger partial charge in [-0.1, -0.05) is 6.92 Å². The van der Waals surface area contributed by atoms with Gasteiger partial charge < -0.3 is 10.5 Å². The van der Waals surface area contributed by atoms with Crippen LogP contribution in [0.15, 0.2) is 11.4 Å². The molecule has 2 aliphatic rings. The minimum atomic E-state index is 0.148. The summed E-state index contributed by atoms with van der Waals surface area (Å²) >= 11 is 3.91. The van der Waals surface area contributed by atoms with Gasteiger partial charge in [-0.15, -0.1) is 11.3 Å². The fourth-order valence-electron chi connectivity index (χ4n) is 3.61. The Balaban J connectivity index is 1.73. The van der Waals surface area contributed by atoms with Crippen LogP contribution >= 0.6 is 23.1 Å². The van der Waals surface area contributed by atoms with Crippen LogP contribution < -0.4 is 5.73 Å². The van der Waals surface area contributed by atoms with Crippen molar-refractivity contribution in [3.63, 3.8) is 0 Å². The predicted octanol–water partition coefficient (Wildman–Crippen LogP) is 4.00. The zero-order chi connectivity index (χ0) is 14.0. The van der Waals surface area contributed by atoms with Crippen LogP contribution in [0.2, 0.25) is 0 Å². The third kappa shape index (κ3) is 2.94. The largest absolute Gasteiger partial charge is 0.375 e. The molecule has 2 unspecified atom stereocenters. The summed E-state index contributed by atoms with van der Waals surface area (Å²) in [5.41, 5.74) is 8.22. The van der Waals surface area contributed by atoms with Crippen molar-refractivity contribution in [3.05, 3.63) is 21.9 Å². The van der Waals surface area contributed by atoms with Crippen molar-refractivity contribution >= 4 is 23.1 Å². The van der Waals surface area contributed by atoms with Crippen LogP contribution in [-0.2, 0) is 11.2 Å². The highest BCUT2D eigenvalue weighted by Crippen LogP contribution is 2.44. The van der Waals surface area contributed by atoms with Gasteiger partial charge in [-0.05, 0) is 66.5 Å². The molecule has 2 aliphatic heterocycles. The van der Waals surface area contributed by atoms with Crippen LogP contribution in [0.1, 0.15) is 49.1 Å². The molecule has 3 heterocycles. The van der Waals surface area contributed by atoms with E-state index in [-0.39, 0.29) is 11.6 Å². The SMILES string of the molecule is CCc1ccsc1C(N)C1CCOC2(CCSCC2)C1. The van der Waals surface area contributed by atoms with Gasteiger partial charge in [0.05, 0.1) is 5.60 Å². The Morgan fingerprint density at radius 2 is 2.25 bits per heavy atom. The Kier molecular flexibility index (Phi) is 4.75. The predicted molar refractivity (Wildman–Crippen MR) is 88.6 cm³/mol. The molecule has 2 fully saturated rings. The van der Waals surface area contributed by atoms with Gasteiger partial charge >= 0.3 is 0 Å². The summed E-state index contributed by atoms with van der Waals surface area (Å²) in [5.74, 6) is 3.10. The molecule has 20 heavy (non-hydrogen) atoms. The van der Waals surface area contributed by atoms with Crippen molar-refractivity contribution in [3.8, 4) is 0 Å². The van der Waals surface area contributed by atoms with E-state index in [4.69, 9.17) is 10.5 Å². The lowest BCUT2D eigenvalue weighted by Gasteiger charge is -2.44. The first kappa shape index (κ1) is 14.9. The molecule has 112 valence electrons. The molecular weight excluding hydrogens is 286 g/mol. The number of hydrogen-bond donors (Lipinski definition) is 1. The molecule has 0 aromatic carbocycles. The van der Waals surface area contributed by atoms with Crippen LogP contribution in [0.25, 0.3) is 0 Å². The zero-order valence-corrected chi connectivity index (χ0v) is 13.9. The number of thiophene rings is 1. The third-order valence-electron chi connectivity index (χ3n) is 4.91. The molecule has 0 radical (unpaired) electrons. The first-order chi connectivity index (χ1) is 9.74. The second-order valence-corrected chi connectivity index (χ2v) is 8.26.